The largest absolute Gasteiger partial charge is 0.309 e. The van der Waals surface area contributed by atoms with Gasteiger partial charge in [-0.1, -0.05) is 60.7 Å². The van der Waals surface area contributed by atoms with Crippen molar-refractivity contribution in [3.05, 3.63) is 89.5 Å². The molecule has 26 heavy (non-hydrogen) atoms. The third-order valence-corrected chi connectivity index (χ3v) is 4.97. The monoisotopic (exact) mass is 337 g/mol. The van der Waals surface area contributed by atoms with Gasteiger partial charge < -0.3 is 4.57 Å². The molecule has 0 atom stereocenters. The standard InChI is InChI=1S/C25H23N/c1-4-9-19-13-16-24-23(17-19)22-15-14-20(10-5-2)18(3)25(22)26(24)21-11-7-6-8-12-21/h4-17H,1-3H3/b9-4+,10-5-. The number of allylic oxidation sites excluding steroid dienone is 2. The summed E-state index contributed by atoms with van der Waals surface area (Å²) in [6.45, 7) is 6.35. The van der Waals surface area contributed by atoms with E-state index in [1.807, 2.05) is 0 Å². The van der Waals surface area contributed by atoms with Gasteiger partial charge in [-0.25, -0.2) is 0 Å². The van der Waals surface area contributed by atoms with E-state index in [2.05, 4.69) is 110 Å². The van der Waals surface area contributed by atoms with E-state index < -0.39 is 0 Å². The van der Waals surface area contributed by atoms with Crippen LogP contribution in [0.1, 0.15) is 30.5 Å². The lowest BCUT2D eigenvalue weighted by Gasteiger charge is -2.11. The number of nitrogens with zero attached hydrogens (tertiary/aromatic N) is 1. The summed E-state index contributed by atoms with van der Waals surface area (Å²) in [5.74, 6) is 0. The second-order valence-electron chi connectivity index (χ2n) is 6.62. The number of aromatic nitrogens is 1. The van der Waals surface area contributed by atoms with E-state index in [9.17, 15) is 0 Å². The second-order valence-corrected chi connectivity index (χ2v) is 6.62. The molecule has 0 saturated carbocycles. The Morgan fingerprint density at radius 3 is 2.27 bits per heavy atom. The molecule has 0 amide bonds. The number of fused-ring (bicyclic) bond motifs is 3. The predicted octanol–water partition coefficient (Wildman–Crippen LogP) is 7.16. The quantitative estimate of drug-likeness (QED) is 0.374. The molecule has 1 nitrogen and oxygen atoms in total. The van der Waals surface area contributed by atoms with Crippen molar-refractivity contribution in [2.45, 2.75) is 20.8 Å². The molecule has 0 aliphatic rings. The first-order valence-corrected chi connectivity index (χ1v) is 9.13. The molecule has 1 heterocycles. The van der Waals surface area contributed by atoms with E-state index in [1.54, 1.807) is 0 Å². The Morgan fingerprint density at radius 1 is 0.769 bits per heavy atom. The fraction of sp³-hybridized carbons (Fsp3) is 0.120. The van der Waals surface area contributed by atoms with Crippen LogP contribution < -0.4 is 0 Å². The van der Waals surface area contributed by atoms with Gasteiger partial charge in [0, 0.05) is 16.5 Å². The maximum Gasteiger partial charge on any atom is 0.0576 e. The average Bonchev–Trinajstić information content (AvgIpc) is 3.00. The van der Waals surface area contributed by atoms with Crippen molar-refractivity contribution in [2.75, 3.05) is 0 Å². The van der Waals surface area contributed by atoms with E-state index in [4.69, 9.17) is 0 Å². The Balaban J connectivity index is 2.18. The summed E-state index contributed by atoms with van der Waals surface area (Å²) >= 11 is 0. The lowest BCUT2D eigenvalue weighted by Crippen LogP contribution is -1.96. The van der Waals surface area contributed by atoms with Crippen LogP contribution in [0, 0.1) is 6.92 Å². The number of rotatable bonds is 3. The van der Waals surface area contributed by atoms with Gasteiger partial charge in [-0.15, -0.1) is 0 Å². The third kappa shape index (κ3) is 2.57. The topological polar surface area (TPSA) is 4.93 Å². The highest BCUT2D eigenvalue weighted by Gasteiger charge is 2.15. The SMILES string of the molecule is C/C=C\c1ccc2c3cc(/C=C/C)ccc3n(-c3ccccc3)c2c1C. The van der Waals surface area contributed by atoms with Crippen molar-refractivity contribution >= 4 is 34.0 Å². The third-order valence-electron chi connectivity index (χ3n) is 4.97. The maximum absolute atomic E-state index is 2.40. The van der Waals surface area contributed by atoms with Gasteiger partial charge in [0.25, 0.3) is 0 Å². The second kappa shape index (κ2) is 6.68. The summed E-state index contributed by atoms with van der Waals surface area (Å²) < 4.78 is 2.40. The molecule has 0 unspecified atom stereocenters. The smallest absolute Gasteiger partial charge is 0.0576 e. The fourth-order valence-electron chi connectivity index (χ4n) is 3.81. The predicted molar refractivity (Wildman–Crippen MR) is 115 cm³/mol. The average molecular weight is 337 g/mol. The summed E-state index contributed by atoms with van der Waals surface area (Å²) in [6.07, 6.45) is 8.54. The van der Waals surface area contributed by atoms with Crippen LogP contribution in [0.25, 0.3) is 39.6 Å². The molecule has 1 heteroatoms. The number of benzene rings is 3. The van der Waals surface area contributed by atoms with Crippen LogP contribution in [-0.2, 0) is 0 Å². The van der Waals surface area contributed by atoms with Gasteiger partial charge in [0.1, 0.15) is 0 Å². The first kappa shape index (κ1) is 16.4. The van der Waals surface area contributed by atoms with Gasteiger partial charge in [0.15, 0.2) is 0 Å². The van der Waals surface area contributed by atoms with Crippen molar-refractivity contribution in [1.82, 2.24) is 4.57 Å². The first-order chi connectivity index (χ1) is 12.7. The Hall–Kier alpha value is -3.06. The van der Waals surface area contributed by atoms with Crippen LogP contribution >= 0.6 is 0 Å². The van der Waals surface area contributed by atoms with Gasteiger partial charge in [0.2, 0.25) is 0 Å². The van der Waals surface area contributed by atoms with Crippen molar-refractivity contribution in [2.24, 2.45) is 0 Å². The van der Waals surface area contributed by atoms with E-state index in [1.165, 1.54) is 44.2 Å². The van der Waals surface area contributed by atoms with Crippen molar-refractivity contribution < 1.29 is 0 Å². The van der Waals surface area contributed by atoms with Gasteiger partial charge in [-0.05, 0) is 61.7 Å². The normalized spacial score (nSPS) is 12.1. The Morgan fingerprint density at radius 2 is 1.54 bits per heavy atom. The number of aryl methyl sites for hydroxylation is 1. The molecule has 0 bridgehead atoms. The van der Waals surface area contributed by atoms with Crippen molar-refractivity contribution in [1.29, 1.82) is 0 Å². The zero-order valence-corrected chi connectivity index (χ0v) is 15.5. The first-order valence-electron chi connectivity index (χ1n) is 9.13. The molecule has 4 aromatic rings. The zero-order chi connectivity index (χ0) is 18.1. The Labute approximate surface area is 154 Å². The van der Waals surface area contributed by atoms with Crippen LogP contribution in [0.5, 0.6) is 0 Å². The van der Waals surface area contributed by atoms with Gasteiger partial charge in [-0.3, -0.25) is 0 Å². The van der Waals surface area contributed by atoms with Gasteiger partial charge in [-0.2, -0.15) is 0 Å². The number of hydrogen-bond acceptors (Lipinski definition) is 0. The molecule has 0 aliphatic carbocycles. The minimum Gasteiger partial charge on any atom is -0.309 e. The van der Waals surface area contributed by atoms with Crippen LogP contribution in [-0.4, -0.2) is 4.57 Å². The van der Waals surface area contributed by atoms with E-state index in [0.717, 1.165) is 0 Å². The molecule has 0 saturated heterocycles. The van der Waals surface area contributed by atoms with Crippen molar-refractivity contribution in [3.63, 3.8) is 0 Å². The van der Waals surface area contributed by atoms with Crippen LogP contribution in [0.2, 0.25) is 0 Å². The lowest BCUT2D eigenvalue weighted by atomic mass is 10.0. The molecule has 4 rings (SSSR count). The molecule has 128 valence electrons. The molecule has 0 aliphatic heterocycles. The highest BCUT2D eigenvalue weighted by Crippen LogP contribution is 2.36. The molecule has 0 spiro atoms. The summed E-state index contributed by atoms with van der Waals surface area (Å²) in [4.78, 5) is 0. The Bertz CT molecular complexity index is 1140. The molecule has 0 fully saturated rings. The van der Waals surface area contributed by atoms with Gasteiger partial charge in [0.05, 0.1) is 11.0 Å². The lowest BCUT2D eigenvalue weighted by molar-refractivity contribution is 1.17. The summed E-state index contributed by atoms with van der Waals surface area (Å²) in [5.41, 5.74) is 7.57. The van der Waals surface area contributed by atoms with E-state index in [-0.39, 0.29) is 0 Å². The number of para-hydroxylation sites is 1. The minimum absolute atomic E-state index is 1.20. The van der Waals surface area contributed by atoms with Crippen LogP contribution in [0.4, 0.5) is 0 Å². The number of hydrogen-bond donors (Lipinski definition) is 0. The molecular weight excluding hydrogens is 314 g/mol. The molecule has 3 aromatic carbocycles. The van der Waals surface area contributed by atoms with Crippen molar-refractivity contribution in [3.8, 4) is 5.69 Å². The summed E-state index contributed by atoms with van der Waals surface area (Å²) in [7, 11) is 0. The Kier molecular flexibility index (Phi) is 4.22. The summed E-state index contributed by atoms with van der Waals surface area (Å²) in [6, 6.07) is 21.9. The maximum atomic E-state index is 2.40. The van der Waals surface area contributed by atoms with Gasteiger partial charge >= 0.3 is 0 Å². The molecule has 0 N–H and O–H groups in total. The molecular formula is C25H23N. The molecule has 0 radical (unpaired) electrons. The minimum atomic E-state index is 1.20. The van der Waals surface area contributed by atoms with E-state index in [0.29, 0.717) is 0 Å². The summed E-state index contributed by atoms with van der Waals surface area (Å²) in [5, 5.41) is 2.61. The van der Waals surface area contributed by atoms with Crippen LogP contribution in [0.3, 0.4) is 0 Å². The highest BCUT2D eigenvalue weighted by molar-refractivity contribution is 6.11. The molecule has 1 aromatic heterocycles. The van der Waals surface area contributed by atoms with Crippen LogP contribution in [0.15, 0.2) is 72.8 Å². The van der Waals surface area contributed by atoms with E-state index >= 15 is 0 Å². The fourth-order valence-corrected chi connectivity index (χ4v) is 3.81. The highest BCUT2D eigenvalue weighted by atomic mass is 15.0. The zero-order valence-electron chi connectivity index (χ0n) is 15.5.